The average molecular weight is 404 g/mol. The minimum atomic E-state index is 0.302. The maximum Gasteiger partial charge on any atom is 0.0595 e. The van der Waals surface area contributed by atoms with E-state index in [2.05, 4.69) is 48.3 Å². The Morgan fingerprint density at radius 1 is 1.04 bits per heavy atom. The third-order valence-electron chi connectivity index (χ3n) is 4.11. The molecule has 1 nitrogen and oxygen atoms in total. The van der Waals surface area contributed by atoms with E-state index in [9.17, 15) is 0 Å². The zero-order valence-corrected chi connectivity index (χ0v) is 18.6. The standard InChI is InChI=1S/C20H19Cl2N.2C2H6/c1-13(2)12-23-20-10-8-15(16-5-3-4-6-17(16)20)14-7-9-18(21)19(22)11-14;2*1-2/h3-7,9-11,15,23H,1,8,12H2,2H3;2*1-2H3. The smallest absolute Gasteiger partial charge is 0.0595 e. The predicted octanol–water partition coefficient (Wildman–Crippen LogP) is 8.09. The number of hydrogen-bond acceptors (Lipinski definition) is 1. The van der Waals surface area contributed by atoms with Crippen molar-refractivity contribution < 1.29 is 0 Å². The van der Waals surface area contributed by atoms with Gasteiger partial charge >= 0.3 is 0 Å². The molecule has 146 valence electrons. The van der Waals surface area contributed by atoms with Gasteiger partial charge in [0, 0.05) is 23.7 Å². The molecule has 0 saturated carbocycles. The molecule has 2 aromatic rings. The normalized spacial score (nSPS) is 14.5. The number of hydrogen-bond donors (Lipinski definition) is 1. The van der Waals surface area contributed by atoms with Crippen molar-refractivity contribution >= 4 is 28.9 Å². The molecule has 0 aliphatic heterocycles. The van der Waals surface area contributed by atoms with Crippen LogP contribution in [-0.4, -0.2) is 6.54 Å². The zero-order chi connectivity index (χ0) is 20.4. The van der Waals surface area contributed by atoms with Crippen molar-refractivity contribution in [3.63, 3.8) is 0 Å². The Morgan fingerprint density at radius 2 is 1.70 bits per heavy atom. The minimum absolute atomic E-state index is 0.302. The highest BCUT2D eigenvalue weighted by molar-refractivity contribution is 6.42. The van der Waals surface area contributed by atoms with Gasteiger partial charge in [-0.3, -0.25) is 0 Å². The lowest BCUT2D eigenvalue weighted by molar-refractivity contribution is 0.799. The Morgan fingerprint density at radius 3 is 2.33 bits per heavy atom. The Bertz CT molecular complexity index is 778. The van der Waals surface area contributed by atoms with Crippen LogP contribution in [0.1, 0.15) is 63.6 Å². The zero-order valence-electron chi connectivity index (χ0n) is 17.1. The molecule has 0 heterocycles. The number of halogens is 2. The van der Waals surface area contributed by atoms with Crippen LogP contribution in [0.3, 0.4) is 0 Å². The summed E-state index contributed by atoms with van der Waals surface area (Å²) in [5.74, 6) is 0.302. The molecule has 0 aromatic heterocycles. The molecule has 3 rings (SSSR count). The van der Waals surface area contributed by atoms with Crippen LogP contribution in [0, 0.1) is 0 Å². The summed E-state index contributed by atoms with van der Waals surface area (Å²) in [6, 6.07) is 14.4. The summed E-state index contributed by atoms with van der Waals surface area (Å²) in [6.07, 6.45) is 3.20. The van der Waals surface area contributed by atoms with Gasteiger partial charge in [0.1, 0.15) is 0 Å². The van der Waals surface area contributed by atoms with Gasteiger partial charge in [0.2, 0.25) is 0 Å². The van der Waals surface area contributed by atoms with Crippen molar-refractivity contribution in [3.05, 3.63) is 87.4 Å². The largest absolute Gasteiger partial charge is 0.381 e. The lowest BCUT2D eigenvalue weighted by Gasteiger charge is -2.27. The quantitative estimate of drug-likeness (QED) is 0.508. The molecule has 1 aliphatic rings. The third kappa shape index (κ3) is 6.16. The number of allylic oxidation sites excluding steroid dienone is 1. The summed E-state index contributed by atoms with van der Waals surface area (Å²) in [5.41, 5.74) is 6.06. The lowest BCUT2D eigenvalue weighted by atomic mass is 9.81. The highest BCUT2D eigenvalue weighted by atomic mass is 35.5. The van der Waals surface area contributed by atoms with Crippen LogP contribution in [0.5, 0.6) is 0 Å². The number of benzene rings is 2. The van der Waals surface area contributed by atoms with Gasteiger partial charge < -0.3 is 5.32 Å². The summed E-state index contributed by atoms with van der Waals surface area (Å²) in [5, 5.41) is 4.69. The van der Waals surface area contributed by atoms with Crippen LogP contribution < -0.4 is 5.32 Å². The summed E-state index contributed by atoms with van der Waals surface area (Å²) >= 11 is 12.3. The molecule has 2 aromatic carbocycles. The van der Waals surface area contributed by atoms with E-state index in [1.165, 1.54) is 22.4 Å². The Labute approximate surface area is 175 Å². The van der Waals surface area contributed by atoms with Gasteiger partial charge in [-0.1, -0.05) is 99.5 Å². The monoisotopic (exact) mass is 403 g/mol. The molecule has 1 unspecified atom stereocenters. The van der Waals surface area contributed by atoms with Gasteiger partial charge in [-0.15, -0.1) is 0 Å². The maximum atomic E-state index is 6.20. The average Bonchev–Trinajstić information content (AvgIpc) is 2.71. The number of nitrogens with one attached hydrogen (secondary N) is 1. The third-order valence-corrected chi connectivity index (χ3v) is 4.85. The second-order valence-electron chi connectivity index (χ2n) is 5.98. The van der Waals surface area contributed by atoms with Gasteiger partial charge in [0.05, 0.1) is 10.0 Å². The molecule has 0 fully saturated rings. The molecule has 0 bridgehead atoms. The molecule has 1 N–H and O–H groups in total. The van der Waals surface area contributed by atoms with E-state index >= 15 is 0 Å². The minimum Gasteiger partial charge on any atom is -0.381 e. The van der Waals surface area contributed by atoms with Gasteiger partial charge in [-0.05, 0) is 36.6 Å². The molecule has 1 aliphatic carbocycles. The molecule has 27 heavy (non-hydrogen) atoms. The van der Waals surface area contributed by atoms with Crippen molar-refractivity contribution in [2.75, 3.05) is 6.54 Å². The summed E-state index contributed by atoms with van der Waals surface area (Å²) in [7, 11) is 0. The first-order valence-corrected chi connectivity index (χ1v) is 10.4. The second kappa shape index (κ2) is 11.9. The van der Waals surface area contributed by atoms with Crippen LogP contribution in [0.4, 0.5) is 0 Å². The fourth-order valence-corrected chi connectivity index (χ4v) is 3.28. The van der Waals surface area contributed by atoms with E-state index in [0.717, 1.165) is 18.5 Å². The maximum absolute atomic E-state index is 6.20. The fraction of sp³-hybridized carbons (Fsp3) is 0.333. The van der Waals surface area contributed by atoms with E-state index in [4.69, 9.17) is 23.2 Å². The van der Waals surface area contributed by atoms with Gasteiger partial charge in [0.25, 0.3) is 0 Å². The van der Waals surface area contributed by atoms with E-state index in [-0.39, 0.29) is 0 Å². The molecule has 3 heteroatoms. The van der Waals surface area contributed by atoms with Crippen molar-refractivity contribution in [1.82, 2.24) is 5.32 Å². The first kappa shape index (κ1) is 23.3. The van der Waals surface area contributed by atoms with E-state index in [1.54, 1.807) is 0 Å². The van der Waals surface area contributed by atoms with Gasteiger partial charge in [-0.2, -0.15) is 0 Å². The van der Waals surface area contributed by atoms with Crippen LogP contribution in [0.15, 0.2) is 60.7 Å². The van der Waals surface area contributed by atoms with E-state index < -0.39 is 0 Å². The molecule has 1 atom stereocenters. The Balaban J connectivity index is 0.000000855. The SMILES string of the molecule is C=C(C)CNC1=CCC(c2ccc(Cl)c(Cl)c2)c2ccccc21.CC.CC. The van der Waals surface area contributed by atoms with Crippen LogP contribution >= 0.6 is 23.2 Å². The summed E-state index contributed by atoms with van der Waals surface area (Å²) in [6.45, 7) is 14.8. The second-order valence-corrected chi connectivity index (χ2v) is 6.79. The fourth-order valence-electron chi connectivity index (χ4n) is 2.98. The molecular formula is C24H31Cl2N. The first-order chi connectivity index (χ1) is 13.1. The van der Waals surface area contributed by atoms with Crippen LogP contribution in [-0.2, 0) is 0 Å². The predicted molar refractivity (Wildman–Crippen MR) is 123 cm³/mol. The van der Waals surface area contributed by atoms with E-state index in [1.807, 2.05) is 46.8 Å². The van der Waals surface area contributed by atoms with Crippen molar-refractivity contribution in [2.45, 2.75) is 47.0 Å². The molecule has 0 radical (unpaired) electrons. The molecule has 0 saturated heterocycles. The van der Waals surface area contributed by atoms with Crippen molar-refractivity contribution in [2.24, 2.45) is 0 Å². The van der Waals surface area contributed by atoms with Crippen LogP contribution in [0.25, 0.3) is 5.70 Å². The van der Waals surface area contributed by atoms with Crippen molar-refractivity contribution in [3.8, 4) is 0 Å². The lowest BCUT2D eigenvalue weighted by Crippen LogP contribution is -2.19. The summed E-state index contributed by atoms with van der Waals surface area (Å²) < 4.78 is 0. The number of fused-ring (bicyclic) bond motifs is 1. The first-order valence-electron chi connectivity index (χ1n) is 9.69. The van der Waals surface area contributed by atoms with Crippen LogP contribution in [0.2, 0.25) is 10.0 Å². The van der Waals surface area contributed by atoms with Gasteiger partial charge in [-0.25, -0.2) is 0 Å². The molecule has 0 spiro atoms. The van der Waals surface area contributed by atoms with Gasteiger partial charge in [0.15, 0.2) is 0 Å². The summed E-state index contributed by atoms with van der Waals surface area (Å²) in [4.78, 5) is 0. The van der Waals surface area contributed by atoms with Crippen molar-refractivity contribution in [1.29, 1.82) is 0 Å². The molecular weight excluding hydrogens is 373 g/mol. The molecule has 0 amide bonds. The topological polar surface area (TPSA) is 12.0 Å². The highest BCUT2D eigenvalue weighted by Crippen LogP contribution is 2.39. The number of rotatable bonds is 4. The van der Waals surface area contributed by atoms with E-state index in [0.29, 0.717) is 16.0 Å². The Hall–Kier alpha value is -1.70. The Kier molecular flexibility index (Phi) is 10.3. The highest BCUT2D eigenvalue weighted by Gasteiger charge is 2.23.